The van der Waals surface area contributed by atoms with Gasteiger partial charge in [-0.3, -0.25) is 14.4 Å². The van der Waals surface area contributed by atoms with Gasteiger partial charge in [-0.15, -0.1) is 0 Å². The van der Waals surface area contributed by atoms with Crippen LogP contribution in [0, 0.1) is 5.82 Å². The lowest BCUT2D eigenvalue weighted by Gasteiger charge is -2.20. The maximum atomic E-state index is 13.8. The van der Waals surface area contributed by atoms with Crippen LogP contribution in [-0.2, 0) is 9.59 Å². The summed E-state index contributed by atoms with van der Waals surface area (Å²) in [5.74, 6) is -2.87. The smallest absolute Gasteiger partial charge is 0.323 e. The molecule has 114 valence electrons. The third-order valence-corrected chi connectivity index (χ3v) is 2.63. The Balaban J connectivity index is 2.97. The Morgan fingerprint density at radius 2 is 2.00 bits per heavy atom. The van der Waals surface area contributed by atoms with Crippen LogP contribution in [0.5, 0.6) is 0 Å². The number of halogens is 1. The molecule has 0 bridgehead atoms. The molecule has 0 aliphatic rings. The molecule has 0 aliphatic carbocycles. The van der Waals surface area contributed by atoms with E-state index in [0.717, 1.165) is 11.0 Å². The molecular formula is C14H17FN2O4. The van der Waals surface area contributed by atoms with Crippen LogP contribution in [-0.4, -0.2) is 40.9 Å². The van der Waals surface area contributed by atoms with Crippen LogP contribution in [0.4, 0.5) is 10.1 Å². The molecule has 7 heteroatoms. The monoisotopic (exact) mass is 296 g/mol. The first-order chi connectivity index (χ1) is 9.85. The molecule has 0 heterocycles. The molecule has 6 nitrogen and oxygen atoms in total. The first-order valence-corrected chi connectivity index (χ1v) is 6.43. The number of anilines is 1. The van der Waals surface area contributed by atoms with Gasteiger partial charge in [0.2, 0.25) is 5.91 Å². The summed E-state index contributed by atoms with van der Waals surface area (Å²) in [5, 5.41) is 11.1. The number of amides is 2. The molecule has 2 amide bonds. The van der Waals surface area contributed by atoms with E-state index in [0.29, 0.717) is 6.42 Å². The number of carboxylic acids is 1. The largest absolute Gasteiger partial charge is 0.480 e. The first-order valence-electron chi connectivity index (χ1n) is 6.43. The van der Waals surface area contributed by atoms with Gasteiger partial charge >= 0.3 is 5.97 Å². The van der Waals surface area contributed by atoms with Crippen LogP contribution < -0.4 is 5.32 Å². The molecule has 0 radical (unpaired) electrons. The van der Waals surface area contributed by atoms with Crippen molar-refractivity contribution in [1.82, 2.24) is 4.90 Å². The zero-order valence-corrected chi connectivity index (χ0v) is 11.9. The summed E-state index contributed by atoms with van der Waals surface area (Å²) in [6.07, 6.45) is 0.589. The number of carbonyl (C=O) groups is 3. The molecule has 21 heavy (non-hydrogen) atoms. The molecule has 0 saturated carbocycles. The Kier molecular flexibility index (Phi) is 5.83. The van der Waals surface area contributed by atoms with E-state index in [1.807, 2.05) is 6.92 Å². The zero-order chi connectivity index (χ0) is 16.0. The van der Waals surface area contributed by atoms with Gasteiger partial charge in [-0.05, 0) is 24.6 Å². The van der Waals surface area contributed by atoms with Crippen LogP contribution in [0.3, 0.4) is 0 Å². The maximum absolute atomic E-state index is 13.8. The molecule has 0 saturated heterocycles. The predicted molar refractivity (Wildman–Crippen MR) is 74.5 cm³/mol. The van der Waals surface area contributed by atoms with Crippen LogP contribution >= 0.6 is 0 Å². The van der Waals surface area contributed by atoms with Crippen molar-refractivity contribution in [2.75, 3.05) is 18.4 Å². The second kappa shape index (κ2) is 7.37. The maximum Gasteiger partial charge on any atom is 0.323 e. The molecule has 2 N–H and O–H groups in total. The van der Waals surface area contributed by atoms with Crippen molar-refractivity contribution in [3.63, 3.8) is 0 Å². The number of aliphatic carboxylic acids is 1. The van der Waals surface area contributed by atoms with E-state index >= 15 is 0 Å². The fourth-order valence-corrected chi connectivity index (χ4v) is 1.81. The molecule has 1 aromatic rings. The van der Waals surface area contributed by atoms with Crippen molar-refractivity contribution in [1.29, 1.82) is 0 Å². The van der Waals surface area contributed by atoms with Gasteiger partial charge in [0, 0.05) is 19.0 Å². The van der Waals surface area contributed by atoms with Gasteiger partial charge in [0.15, 0.2) is 0 Å². The van der Waals surface area contributed by atoms with Crippen LogP contribution in [0.1, 0.15) is 30.6 Å². The summed E-state index contributed by atoms with van der Waals surface area (Å²) in [5.41, 5.74) is 0.00984. The highest BCUT2D eigenvalue weighted by atomic mass is 19.1. The lowest BCUT2D eigenvalue weighted by atomic mass is 10.1. The topological polar surface area (TPSA) is 86.7 Å². The number of nitrogens with zero attached hydrogens (tertiary/aromatic N) is 1. The van der Waals surface area contributed by atoms with E-state index in [4.69, 9.17) is 5.11 Å². The fourth-order valence-electron chi connectivity index (χ4n) is 1.81. The van der Waals surface area contributed by atoms with E-state index in [9.17, 15) is 18.8 Å². The van der Waals surface area contributed by atoms with Crippen molar-refractivity contribution < 1.29 is 23.9 Å². The van der Waals surface area contributed by atoms with Crippen molar-refractivity contribution in [2.45, 2.75) is 20.3 Å². The summed E-state index contributed by atoms with van der Waals surface area (Å²) in [7, 11) is 0. The Morgan fingerprint density at radius 3 is 2.48 bits per heavy atom. The average Bonchev–Trinajstić information content (AvgIpc) is 2.39. The predicted octanol–water partition coefficient (Wildman–Crippen LogP) is 1.72. The summed E-state index contributed by atoms with van der Waals surface area (Å²) in [4.78, 5) is 34.9. The highest BCUT2D eigenvalue weighted by Gasteiger charge is 2.19. The van der Waals surface area contributed by atoms with E-state index < -0.39 is 30.1 Å². The highest BCUT2D eigenvalue weighted by Crippen LogP contribution is 2.17. The lowest BCUT2D eigenvalue weighted by molar-refractivity contribution is -0.137. The third-order valence-electron chi connectivity index (χ3n) is 2.63. The second-order valence-electron chi connectivity index (χ2n) is 4.50. The Bertz CT molecular complexity index is 560. The molecule has 1 rings (SSSR count). The van der Waals surface area contributed by atoms with Gasteiger partial charge < -0.3 is 15.3 Å². The van der Waals surface area contributed by atoms with Gasteiger partial charge in [0.1, 0.15) is 12.4 Å². The molecular weight excluding hydrogens is 279 g/mol. The zero-order valence-electron chi connectivity index (χ0n) is 11.9. The van der Waals surface area contributed by atoms with Crippen molar-refractivity contribution in [3.8, 4) is 0 Å². The first kappa shape index (κ1) is 16.6. The summed E-state index contributed by atoms with van der Waals surface area (Å²) in [6, 6.07) is 3.61. The molecule has 0 fully saturated rings. The average molecular weight is 296 g/mol. The van der Waals surface area contributed by atoms with E-state index in [1.165, 1.54) is 19.1 Å². The molecule has 1 aromatic carbocycles. The van der Waals surface area contributed by atoms with Crippen LogP contribution in [0.25, 0.3) is 0 Å². The van der Waals surface area contributed by atoms with Gasteiger partial charge in [0.25, 0.3) is 5.91 Å². The number of rotatable bonds is 6. The molecule has 0 unspecified atom stereocenters. The number of carbonyl (C=O) groups excluding carboxylic acids is 2. The second-order valence-corrected chi connectivity index (χ2v) is 4.50. The summed E-state index contributed by atoms with van der Waals surface area (Å²) < 4.78 is 13.8. The minimum absolute atomic E-state index is 0.0284. The standard InChI is InChI=1S/C14H17FN2O4/c1-3-6-17(8-13(19)20)14(21)10-4-5-12(11(15)7-10)16-9(2)18/h4-5,7H,3,6,8H2,1-2H3,(H,16,18)(H,19,20). The quantitative estimate of drug-likeness (QED) is 0.837. The number of carboxylic acid groups (broad SMARTS) is 1. The van der Waals surface area contributed by atoms with Crippen molar-refractivity contribution in [3.05, 3.63) is 29.6 Å². The Hall–Kier alpha value is -2.44. The van der Waals surface area contributed by atoms with Crippen LogP contribution in [0.15, 0.2) is 18.2 Å². The summed E-state index contributed by atoms with van der Waals surface area (Å²) in [6.45, 7) is 2.87. The molecule has 0 aliphatic heterocycles. The third kappa shape index (κ3) is 4.87. The van der Waals surface area contributed by atoms with Gasteiger partial charge in [-0.2, -0.15) is 0 Å². The Labute approximate surface area is 121 Å². The highest BCUT2D eigenvalue weighted by molar-refractivity contribution is 5.97. The number of hydrogen-bond donors (Lipinski definition) is 2. The SMILES string of the molecule is CCCN(CC(=O)O)C(=O)c1ccc(NC(C)=O)c(F)c1. The minimum Gasteiger partial charge on any atom is -0.480 e. The van der Waals surface area contributed by atoms with Gasteiger partial charge in [0.05, 0.1) is 5.69 Å². The minimum atomic E-state index is -1.13. The number of hydrogen-bond acceptors (Lipinski definition) is 3. The fraction of sp³-hybridized carbons (Fsp3) is 0.357. The van der Waals surface area contributed by atoms with Gasteiger partial charge in [-0.1, -0.05) is 6.92 Å². The molecule has 0 spiro atoms. The molecule has 0 aromatic heterocycles. The lowest BCUT2D eigenvalue weighted by Crippen LogP contribution is -2.36. The number of benzene rings is 1. The number of nitrogens with one attached hydrogen (secondary N) is 1. The Morgan fingerprint density at radius 1 is 1.33 bits per heavy atom. The van der Waals surface area contributed by atoms with Crippen LogP contribution in [0.2, 0.25) is 0 Å². The van der Waals surface area contributed by atoms with E-state index in [1.54, 1.807) is 0 Å². The van der Waals surface area contributed by atoms with E-state index in [2.05, 4.69) is 5.32 Å². The summed E-state index contributed by atoms with van der Waals surface area (Å²) >= 11 is 0. The van der Waals surface area contributed by atoms with Crippen molar-refractivity contribution in [2.24, 2.45) is 0 Å². The van der Waals surface area contributed by atoms with E-state index in [-0.39, 0.29) is 17.8 Å². The normalized spacial score (nSPS) is 10.0. The van der Waals surface area contributed by atoms with Crippen molar-refractivity contribution >= 4 is 23.5 Å². The molecule has 0 atom stereocenters. The van der Waals surface area contributed by atoms with Gasteiger partial charge in [-0.25, -0.2) is 4.39 Å².